The fourth-order valence-electron chi connectivity index (χ4n) is 13.9. The first kappa shape index (κ1) is 95.2. The molecule has 14 heteroatoms. The van der Waals surface area contributed by atoms with Crippen LogP contribution in [0.1, 0.15) is 373 Å². The van der Waals surface area contributed by atoms with Crippen LogP contribution in [-0.4, -0.2) is 140 Å². The molecule has 0 spiro atoms. The van der Waals surface area contributed by atoms with Crippen molar-refractivity contribution in [1.29, 1.82) is 0 Å². The van der Waals surface area contributed by atoms with Gasteiger partial charge in [0.25, 0.3) is 0 Å². The summed E-state index contributed by atoms with van der Waals surface area (Å²) >= 11 is 0. The Hall–Kier alpha value is -2.83. The first-order chi connectivity index (χ1) is 50.1. The smallest absolute Gasteiger partial charge is 0.220 e. The third-order valence-electron chi connectivity index (χ3n) is 20.6. The molecule has 12 unspecified atom stereocenters. The molecule has 0 aromatic heterocycles. The molecule has 2 rings (SSSR count). The van der Waals surface area contributed by atoms with Gasteiger partial charge in [-0.15, -0.1) is 0 Å². The summed E-state index contributed by atoms with van der Waals surface area (Å²) in [7, 11) is 0. The van der Waals surface area contributed by atoms with E-state index >= 15 is 0 Å². The number of aliphatic hydroxyl groups is 8. The number of aliphatic hydroxyl groups excluding tert-OH is 8. The maximum absolute atomic E-state index is 13.4. The number of hydrogen-bond donors (Lipinski definition) is 9. The molecular formula is C88H159NO13. The molecule has 2 aliphatic heterocycles. The van der Waals surface area contributed by atoms with Gasteiger partial charge in [-0.3, -0.25) is 4.79 Å². The molecule has 594 valence electrons. The Morgan fingerprint density at radius 2 is 0.686 bits per heavy atom. The molecule has 102 heavy (non-hydrogen) atoms. The molecule has 2 fully saturated rings. The number of unbranched alkanes of at least 4 members (excludes halogenated alkanes) is 47. The van der Waals surface area contributed by atoms with Crippen LogP contribution in [0, 0.1) is 0 Å². The average Bonchev–Trinajstić information content (AvgIpc) is 0.790. The normalized spacial score (nSPS) is 22.1. The Balaban J connectivity index is 1.57. The third-order valence-corrected chi connectivity index (χ3v) is 20.6. The molecule has 0 aromatic carbocycles. The fraction of sp³-hybridized carbons (Fsp3) is 0.830. The highest BCUT2D eigenvalue weighted by Crippen LogP contribution is 2.30. The minimum absolute atomic E-state index is 0.243. The highest BCUT2D eigenvalue weighted by atomic mass is 16.7. The molecule has 2 saturated heterocycles. The SMILES string of the molecule is CC/C=C\C/C=C\C/C=C\C/C=C\C/C=C\CCCCCCCCCCCCCCCCCCCCCCCCCCCC(=O)NC(COC1OC(CO)C(OC2OC(CO)C(O)C(O)C2O)C(O)C1O)C(O)/C=C/CC/C=C/CCCCCCCCCCCCCCCCCCCCCCC. The maximum atomic E-state index is 13.4. The van der Waals surface area contributed by atoms with Crippen LogP contribution in [-0.2, 0) is 23.7 Å². The monoisotopic (exact) mass is 1440 g/mol. The number of ether oxygens (including phenoxy) is 4. The highest BCUT2D eigenvalue weighted by molar-refractivity contribution is 5.76. The minimum atomic E-state index is -1.79. The second-order valence-electron chi connectivity index (χ2n) is 29.9. The lowest BCUT2D eigenvalue weighted by Crippen LogP contribution is -2.65. The van der Waals surface area contributed by atoms with Gasteiger partial charge in [0.2, 0.25) is 5.91 Å². The second kappa shape index (κ2) is 71.1. The summed E-state index contributed by atoms with van der Waals surface area (Å²) in [6.45, 7) is 2.72. The number of hydrogen-bond acceptors (Lipinski definition) is 13. The molecule has 0 bridgehead atoms. The van der Waals surface area contributed by atoms with Gasteiger partial charge < -0.3 is 65.1 Å². The topological polar surface area (TPSA) is 228 Å². The van der Waals surface area contributed by atoms with Crippen molar-refractivity contribution >= 4 is 5.91 Å². The summed E-state index contributed by atoms with van der Waals surface area (Å²) in [6, 6.07) is -0.935. The van der Waals surface area contributed by atoms with Crippen LogP contribution < -0.4 is 5.32 Å². The second-order valence-corrected chi connectivity index (χ2v) is 29.9. The molecule has 0 aromatic rings. The predicted octanol–water partition coefficient (Wildman–Crippen LogP) is 20.3. The first-order valence-electron chi connectivity index (χ1n) is 42.8. The Kier molecular flexibility index (Phi) is 66.4. The lowest BCUT2D eigenvalue weighted by molar-refractivity contribution is -0.359. The van der Waals surface area contributed by atoms with Gasteiger partial charge in [-0.05, 0) is 77.0 Å². The summed E-state index contributed by atoms with van der Waals surface area (Å²) in [5.74, 6) is -0.243. The number of rotatable bonds is 72. The minimum Gasteiger partial charge on any atom is -0.394 e. The molecule has 14 nitrogen and oxygen atoms in total. The Morgan fingerprint density at radius 1 is 0.363 bits per heavy atom. The largest absolute Gasteiger partial charge is 0.394 e. The van der Waals surface area contributed by atoms with Crippen LogP contribution in [0.2, 0.25) is 0 Å². The number of allylic oxidation sites excluding steroid dienone is 13. The van der Waals surface area contributed by atoms with Crippen molar-refractivity contribution in [2.24, 2.45) is 0 Å². The molecule has 0 radical (unpaired) electrons. The van der Waals surface area contributed by atoms with Gasteiger partial charge in [-0.2, -0.15) is 0 Å². The zero-order valence-electron chi connectivity index (χ0n) is 65.3. The van der Waals surface area contributed by atoms with Gasteiger partial charge in [-0.25, -0.2) is 0 Å². The van der Waals surface area contributed by atoms with Crippen molar-refractivity contribution in [3.8, 4) is 0 Å². The van der Waals surface area contributed by atoms with E-state index in [0.717, 1.165) is 64.2 Å². The number of carbonyl (C=O) groups excluding carboxylic acids is 1. The number of carbonyl (C=O) groups is 1. The zero-order chi connectivity index (χ0) is 73.7. The molecular weight excluding hydrogens is 1280 g/mol. The van der Waals surface area contributed by atoms with Crippen molar-refractivity contribution in [1.82, 2.24) is 5.32 Å². The van der Waals surface area contributed by atoms with E-state index in [4.69, 9.17) is 18.9 Å². The molecule has 1 amide bonds. The van der Waals surface area contributed by atoms with E-state index in [2.05, 4.69) is 92.1 Å². The van der Waals surface area contributed by atoms with Gasteiger partial charge in [-0.1, -0.05) is 375 Å². The van der Waals surface area contributed by atoms with Crippen molar-refractivity contribution in [2.75, 3.05) is 19.8 Å². The lowest BCUT2D eigenvalue weighted by atomic mass is 9.97. The molecule has 12 atom stereocenters. The number of amides is 1. The number of nitrogens with one attached hydrogen (secondary N) is 1. The van der Waals surface area contributed by atoms with Crippen molar-refractivity contribution in [3.05, 3.63) is 85.1 Å². The van der Waals surface area contributed by atoms with E-state index in [1.807, 2.05) is 6.08 Å². The van der Waals surface area contributed by atoms with Crippen molar-refractivity contribution in [2.45, 2.75) is 447 Å². The zero-order valence-corrected chi connectivity index (χ0v) is 65.3. The first-order valence-corrected chi connectivity index (χ1v) is 42.8. The Labute approximate surface area is 624 Å². The van der Waals surface area contributed by atoms with Crippen LogP contribution in [0.3, 0.4) is 0 Å². The van der Waals surface area contributed by atoms with Gasteiger partial charge in [0.1, 0.15) is 48.8 Å². The van der Waals surface area contributed by atoms with E-state index in [9.17, 15) is 45.6 Å². The quantitative estimate of drug-likeness (QED) is 0.0204. The molecule has 9 N–H and O–H groups in total. The molecule has 2 heterocycles. The standard InChI is InChI=1S/C88H159NO13/c1-3-5-7-9-11-13-15-17-19-21-23-25-27-29-31-32-33-34-35-36-37-38-39-40-41-42-43-44-46-48-50-52-54-56-58-60-62-64-66-68-70-72-80(93)89-76(75-99-87-85(98)83(96)86(79(74-91)101-87)102-88-84(97)82(95)81(94)78(73-90)100-88)77(92)71-69-67-65-63-61-59-57-55-53-51-49-47-45-30-28-26-24-22-20-18-16-14-12-10-8-6-4-2/h5,7,11,13,17,19,23,25,29,31,61,63,69,71,76-79,81-88,90-92,94-98H,3-4,6,8-10,12,14-16,18,20-22,24,26-28,30,32-60,62,64-68,70,72-75H2,1-2H3,(H,89,93)/b7-5-,13-11-,19-17-,25-23-,31-29-,63-61+,71-69+. The third kappa shape index (κ3) is 53.0. The molecule has 2 aliphatic rings. The van der Waals surface area contributed by atoms with Crippen molar-refractivity contribution < 1.29 is 64.6 Å². The molecule has 0 aliphatic carbocycles. The van der Waals surface area contributed by atoms with E-state index < -0.39 is 86.8 Å². The fourth-order valence-corrected chi connectivity index (χ4v) is 13.9. The Morgan fingerprint density at radius 3 is 1.08 bits per heavy atom. The van der Waals surface area contributed by atoms with Crippen LogP contribution in [0.5, 0.6) is 0 Å². The van der Waals surface area contributed by atoms with Gasteiger partial charge in [0.15, 0.2) is 12.6 Å². The summed E-state index contributed by atoms with van der Waals surface area (Å²) in [4.78, 5) is 13.4. The summed E-state index contributed by atoms with van der Waals surface area (Å²) in [5, 5.41) is 87.7. The maximum Gasteiger partial charge on any atom is 0.220 e. The summed E-state index contributed by atoms with van der Waals surface area (Å²) < 4.78 is 22.9. The summed E-state index contributed by atoms with van der Waals surface area (Å²) in [6.07, 6.45) is 84.1. The van der Waals surface area contributed by atoms with Crippen LogP contribution in [0.4, 0.5) is 0 Å². The van der Waals surface area contributed by atoms with E-state index in [1.54, 1.807) is 6.08 Å². The summed E-state index contributed by atoms with van der Waals surface area (Å²) in [5.41, 5.74) is 0. The van der Waals surface area contributed by atoms with Crippen molar-refractivity contribution in [3.63, 3.8) is 0 Å². The Bertz CT molecular complexity index is 2040. The lowest BCUT2D eigenvalue weighted by Gasteiger charge is -2.46. The van der Waals surface area contributed by atoms with E-state index in [1.165, 1.54) is 276 Å². The van der Waals surface area contributed by atoms with Crippen LogP contribution in [0.25, 0.3) is 0 Å². The average molecular weight is 1440 g/mol. The predicted molar refractivity (Wildman–Crippen MR) is 424 cm³/mol. The van der Waals surface area contributed by atoms with Crippen LogP contribution in [0.15, 0.2) is 85.1 Å². The van der Waals surface area contributed by atoms with E-state index in [-0.39, 0.29) is 18.9 Å². The van der Waals surface area contributed by atoms with Crippen LogP contribution >= 0.6 is 0 Å². The van der Waals surface area contributed by atoms with Gasteiger partial charge >= 0.3 is 0 Å². The van der Waals surface area contributed by atoms with Gasteiger partial charge in [0.05, 0.1) is 32.0 Å². The molecule has 0 saturated carbocycles. The van der Waals surface area contributed by atoms with E-state index in [0.29, 0.717) is 12.8 Å². The highest BCUT2D eigenvalue weighted by Gasteiger charge is 2.51. The van der Waals surface area contributed by atoms with Gasteiger partial charge in [0, 0.05) is 6.42 Å².